The molecule has 5 heteroatoms. The van der Waals surface area contributed by atoms with Gasteiger partial charge in [0.1, 0.15) is 0 Å². The van der Waals surface area contributed by atoms with E-state index in [0.717, 1.165) is 17.1 Å². The molecule has 14 aromatic carbocycles. The molecular formula is C80H54BN3S. The molecule has 0 unspecified atom stereocenters. The summed E-state index contributed by atoms with van der Waals surface area (Å²) in [6.45, 7) is 7.06. The van der Waals surface area contributed by atoms with Crippen LogP contribution in [0.1, 0.15) is 26.3 Å². The Morgan fingerprint density at radius 3 is 1.66 bits per heavy atom. The van der Waals surface area contributed by atoms with Crippen LogP contribution in [0.3, 0.4) is 0 Å². The number of hydrogen-bond donors (Lipinski definition) is 0. The SMILES string of the molecule is CC(C)(C)c1cc2c3c(c1)N(c1cc(-c4ccccc4)cc(-c4ccccc4)c1)c1c(sc4ccccc14)B3c1ccc(-n3c4ccccc4c4ccccc43)cc1N2c1cccc(-c2cc3cccc4ccc5cc6ccccc6c2c5c43)c1. The summed E-state index contributed by atoms with van der Waals surface area (Å²) in [5.74, 6) is 0. The third-order valence-corrected chi connectivity index (χ3v) is 19.8. The molecule has 0 atom stereocenters. The van der Waals surface area contributed by atoms with Crippen molar-refractivity contribution in [3.8, 4) is 39.1 Å². The van der Waals surface area contributed by atoms with Crippen molar-refractivity contribution < 1.29 is 0 Å². The van der Waals surface area contributed by atoms with E-state index in [1.807, 2.05) is 11.3 Å². The van der Waals surface area contributed by atoms with E-state index in [2.05, 4.69) is 308 Å². The molecule has 2 aliphatic rings. The second-order valence-corrected chi connectivity index (χ2v) is 25.5. The zero-order valence-corrected chi connectivity index (χ0v) is 48.1. The maximum Gasteiger partial charge on any atom is 0.264 e. The number of benzene rings is 14. The van der Waals surface area contributed by atoms with Crippen LogP contribution in [-0.4, -0.2) is 11.3 Å². The normalized spacial score (nSPS) is 13.0. The minimum Gasteiger partial charge on any atom is -0.311 e. The summed E-state index contributed by atoms with van der Waals surface area (Å²) >= 11 is 1.95. The minimum absolute atomic E-state index is 0.0720. The number of para-hydroxylation sites is 2. The van der Waals surface area contributed by atoms with Crippen LogP contribution in [0.2, 0.25) is 0 Å². The van der Waals surface area contributed by atoms with E-state index in [0.29, 0.717) is 0 Å². The lowest BCUT2D eigenvalue weighted by atomic mass is 9.36. The van der Waals surface area contributed by atoms with Crippen molar-refractivity contribution in [2.24, 2.45) is 0 Å². The average Bonchev–Trinajstić information content (AvgIpc) is 1.73. The van der Waals surface area contributed by atoms with E-state index < -0.39 is 0 Å². The molecule has 0 spiro atoms. The predicted molar refractivity (Wildman–Crippen MR) is 366 cm³/mol. The Morgan fingerprint density at radius 1 is 0.353 bits per heavy atom. The Hall–Kier alpha value is -10.2. The van der Waals surface area contributed by atoms with Crippen LogP contribution in [-0.2, 0) is 5.41 Å². The van der Waals surface area contributed by atoms with Crippen LogP contribution in [0.4, 0.5) is 34.1 Å². The fourth-order valence-electron chi connectivity index (χ4n) is 14.7. The Morgan fingerprint density at radius 2 is 0.929 bits per heavy atom. The Balaban J connectivity index is 0.953. The van der Waals surface area contributed by atoms with Gasteiger partial charge in [-0.15, -0.1) is 11.3 Å². The van der Waals surface area contributed by atoms with E-state index in [1.54, 1.807) is 0 Å². The maximum absolute atomic E-state index is 2.65. The molecule has 0 amide bonds. The Labute approximate surface area is 497 Å². The number of fused-ring (bicyclic) bond motifs is 11. The highest BCUT2D eigenvalue weighted by atomic mass is 32.1. The van der Waals surface area contributed by atoms with Crippen molar-refractivity contribution in [3.63, 3.8) is 0 Å². The number of thiophene rings is 1. The van der Waals surface area contributed by atoms with E-state index >= 15 is 0 Å². The van der Waals surface area contributed by atoms with Crippen LogP contribution in [0, 0.1) is 0 Å². The van der Waals surface area contributed by atoms with Gasteiger partial charge in [0.05, 0.1) is 16.7 Å². The summed E-state index contributed by atoms with van der Waals surface area (Å²) in [7, 11) is 0. The van der Waals surface area contributed by atoms with Gasteiger partial charge in [-0.3, -0.25) is 0 Å². The lowest BCUT2D eigenvalue weighted by Crippen LogP contribution is -2.60. The standard InChI is InChI=1S/C80H54BN3S/c1-80(2,3)58-46-71-77-72(47-58)84(61-43-56(49-20-6-4-7-21-49)41-57(44-61)50-22-8-5-9-23-50)78-65-32-14-17-35-73(65)85-79(78)81(77)67-39-38-60(82-68-33-15-12-30-63(68)64-31-13-16-34-69(64)82)48-70(67)83(71)59-28-19-26-53(42-59)66-45-54-27-18-25-51-36-37-55-40-52-24-10-11-29-62(52)76(66)75(55)74(51)54/h4-48H,1-3H3. The molecule has 0 radical (unpaired) electrons. The first kappa shape index (κ1) is 48.3. The average molecular weight is 1100 g/mol. The second-order valence-electron chi connectivity index (χ2n) is 24.4. The summed E-state index contributed by atoms with van der Waals surface area (Å²) in [5, 5.41) is 14.0. The first-order chi connectivity index (χ1) is 41.8. The number of aromatic nitrogens is 1. The lowest BCUT2D eigenvalue weighted by molar-refractivity contribution is 0.590. The quantitative estimate of drug-likeness (QED) is 0.0934. The molecular weight excluding hydrogens is 1050 g/mol. The third kappa shape index (κ3) is 7.21. The lowest BCUT2D eigenvalue weighted by Gasteiger charge is -2.44. The zero-order chi connectivity index (χ0) is 56.2. The zero-order valence-electron chi connectivity index (χ0n) is 47.3. The Kier molecular flexibility index (Phi) is 10.3. The van der Waals surface area contributed by atoms with Crippen LogP contribution in [0.5, 0.6) is 0 Å². The maximum atomic E-state index is 2.65. The molecule has 18 rings (SSSR count). The van der Waals surface area contributed by atoms with Crippen molar-refractivity contribution in [3.05, 3.63) is 279 Å². The molecule has 398 valence electrons. The summed E-state index contributed by atoms with van der Waals surface area (Å²) in [6, 6.07) is 103. The van der Waals surface area contributed by atoms with Gasteiger partial charge in [-0.2, -0.15) is 0 Å². The molecule has 0 fully saturated rings. The second kappa shape index (κ2) is 18.2. The number of rotatable bonds is 6. The number of nitrogens with zero attached hydrogens (tertiary/aromatic N) is 3. The molecule has 16 aromatic rings. The molecule has 2 aliphatic heterocycles. The molecule has 0 saturated carbocycles. The van der Waals surface area contributed by atoms with Gasteiger partial charge in [-0.25, -0.2) is 0 Å². The van der Waals surface area contributed by atoms with Crippen LogP contribution >= 0.6 is 11.3 Å². The summed E-state index contributed by atoms with van der Waals surface area (Å²) in [4.78, 5) is 5.30. The third-order valence-electron chi connectivity index (χ3n) is 18.5. The van der Waals surface area contributed by atoms with Crippen LogP contribution in [0.25, 0.3) is 114 Å². The van der Waals surface area contributed by atoms with Crippen LogP contribution in [0.15, 0.2) is 273 Å². The summed E-state index contributed by atoms with van der Waals surface area (Å²) < 4.78 is 5.12. The van der Waals surface area contributed by atoms with Gasteiger partial charge in [-0.05, 0) is 183 Å². The first-order valence-electron chi connectivity index (χ1n) is 29.7. The largest absolute Gasteiger partial charge is 0.311 e. The highest BCUT2D eigenvalue weighted by molar-refractivity contribution is 7.33. The minimum atomic E-state index is -0.218. The van der Waals surface area contributed by atoms with Gasteiger partial charge in [0.2, 0.25) is 0 Å². The van der Waals surface area contributed by atoms with Gasteiger partial charge in [0, 0.05) is 59.8 Å². The van der Waals surface area contributed by atoms with E-state index in [4.69, 9.17) is 0 Å². The smallest absolute Gasteiger partial charge is 0.264 e. The predicted octanol–water partition coefficient (Wildman–Crippen LogP) is 20.4. The summed E-state index contributed by atoms with van der Waals surface area (Å²) in [6.07, 6.45) is 0. The van der Waals surface area contributed by atoms with E-state index in [-0.39, 0.29) is 12.1 Å². The van der Waals surface area contributed by atoms with Gasteiger partial charge < -0.3 is 14.4 Å². The fraction of sp³-hybridized carbons (Fsp3) is 0.0500. The number of anilines is 6. The molecule has 0 aliphatic carbocycles. The molecule has 0 saturated heterocycles. The van der Waals surface area contributed by atoms with Crippen molar-refractivity contribution in [1.82, 2.24) is 4.57 Å². The highest BCUT2D eigenvalue weighted by Crippen LogP contribution is 2.52. The van der Waals surface area contributed by atoms with E-state index in [1.165, 1.54) is 152 Å². The fourth-order valence-corrected chi connectivity index (χ4v) is 16.0. The first-order valence-corrected chi connectivity index (χ1v) is 30.5. The monoisotopic (exact) mass is 1100 g/mol. The van der Waals surface area contributed by atoms with E-state index in [9.17, 15) is 0 Å². The van der Waals surface area contributed by atoms with Crippen molar-refractivity contribution >= 4 is 143 Å². The molecule has 0 bridgehead atoms. The van der Waals surface area contributed by atoms with Gasteiger partial charge in [0.25, 0.3) is 6.71 Å². The topological polar surface area (TPSA) is 11.4 Å². The molecule has 2 aromatic heterocycles. The molecule has 0 N–H and O–H groups in total. The van der Waals surface area contributed by atoms with Gasteiger partial charge in [0.15, 0.2) is 0 Å². The molecule has 4 heterocycles. The van der Waals surface area contributed by atoms with Crippen molar-refractivity contribution in [2.45, 2.75) is 26.2 Å². The molecule has 3 nitrogen and oxygen atoms in total. The highest BCUT2D eigenvalue weighted by Gasteiger charge is 2.46. The van der Waals surface area contributed by atoms with Crippen molar-refractivity contribution in [2.75, 3.05) is 9.80 Å². The van der Waals surface area contributed by atoms with Crippen LogP contribution < -0.4 is 25.5 Å². The van der Waals surface area contributed by atoms with Gasteiger partial charge >= 0.3 is 0 Å². The number of hydrogen-bond acceptors (Lipinski definition) is 3. The van der Waals surface area contributed by atoms with Crippen molar-refractivity contribution in [1.29, 1.82) is 0 Å². The molecule has 85 heavy (non-hydrogen) atoms. The summed E-state index contributed by atoms with van der Waals surface area (Å²) in [5.41, 5.74) is 21.4. The Bertz CT molecular complexity index is 5330. The van der Waals surface area contributed by atoms with Gasteiger partial charge in [-0.1, -0.05) is 209 Å².